The van der Waals surface area contributed by atoms with E-state index in [-0.39, 0.29) is 22.6 Å². The molecule has 0 spiro atoms. The topological polar surface area (TPSA) is 91.8 Å². The van der Waals surface area contributed by atoms with Crippen molar-refractivity contribution in [3.8, 4) is 0 Å². The molecule has 2 aromatic rings. The normalized spacial score (nSPS) is 20.4. The molecule has 3 aliphatic rings. The van der Waals surface area contributed by atoms with E-state index in [2.05, 4.69) is 4.90 Å². The molecule has 0 atom stereocenters. The van der Waals surface area contributed by atoms with Crippen LogP contribution in [0.5, 0.6) is 0 Å². The molecule has 2 aliphatic carbocycles. The highest BCUT2D eigenvalue weighted by molar-refractivity contribution is 5.99. The maximum Gasteiger partial charge on any atom is 0.341 e. The Morgan fingerprint density at radius 3 is 2.21 bits per heavy atom. The molecule has 2 heterocycles. The molecule has 29 heavy (non-hydrogen) atoms. The van der Waals surface area contributed by atoms with Crippen molar-refractivity contribution in [2.75, 3.05) is 36.8 Å². The van der Waals surface area contributed by atoms with Crippen LogP contribution in [0.3, 0.4) is 0 Å². The number of carboxylic acids is 1. The Morgan fingerprint density at radius 1 is 1.03 bits per heavy atom. The van der Waals surface area contributed by atoms with Gasteiger partial charge in [-0.15, -0.1) is 0 Å². The molecule has 1 aromatic carbocycles. The van der Waals surface area contributed by atoms with Gasteiger partial charge in [-0.1, -0.05) is 0 Å². The number of hydrogen-bond donors (Lipinski definition) is 2. The van der Waals surface area contributed by atoms with E-state index in [0.29, 0.717) is 19.1 Å². The summed E-state index contributed by atoms with van der Waals surface area (Å²) < 4.78 is 32.3. The number of piperazine rings is 1. The third-order valence-electron chi connectivity index (χ3n) is 6.23. The summed E-state index contributed by atoms with van der Waals surface area (Å²) in [6, 6.07) is 0.470. The van der Waals surface area contributed by atoms with Gasteiger partial charge in [0.05, 0.1) is 16.6 Å². The molecular formula is C20H22F2N4O3. The zero-order valence-electron chi connectivity index (χ0n) is 15.8. The third-order valence-corrected chi connectivity index (χ3v) is 6.23. The molecule has 2 saturated carbocycles. The molecule has 1 aromatic heterocycles. The number of rotatable bonds is 4. The Labute approximate surface area is 165 Å². The fourth-order valence-electron chi connectivity index (χ4n) is 4.37. The van der Waals surface area contributed by atoms with Crippen LogP contribution in [0.25, 0.3) is 10.9 Å². The minimum atomic E-state index is -1.44. The van der Waals surface area contributed by atoms with Crippen molar-refractivity contribution in [3.63, 3.8) is 0 Å². The predicted molar refractivity (Wildman–Crippen MR) is 105 cm³/mol. The molecule has 154 valence electrons. The van der Waals surface area contributed by atoms with Gasteiger partial charge in [0.15, 0.2) is 11.6 Å². The van der Waals surface area contributed by atoms with Gasteiger partial charge in [-0.05, 0) is 25.7 Å². The maximum absolute atomic E-state index is 15.7. The molecule has 3 fully saturated rings. The molecule has 1 aliphatic heterocycles. The number of aromatic nitrogens is 1. The second-order valence-corrected chi connectivity index (χ2v) is 8.18. The summed E-state index contributed by atoms with van der Waals surface area (Å²) in [5.74, 6) is -3.27. The first-order valence-corrected chi connectivity index (χ1v) is 9.96. The Balaban J connectivity index is 1.68. The van der Waals surface area contributed by atoms with Gasteiger partial charge in [-0.25, -0.2) is 13.6 Å². The number of halogens is 2. The van der Waals surface area contributed by atoms with E-state index < -0.39 is 34.3 Å². The molecule has 0 amide bonds. The first kappa shape index (κ1) is 18.4. The number of benzene rings is 1. The molecule has 0 bridgehead atoms. The molecular weight excluding hydrogens is 382 g/mol. The Hall–Kier alpha value is -2.68. The van der Waals surface area contributed by atoms with Gasteiger partial charge in [0, 0.05) is 44.5 Å². The van der Waals surface area contributed by atoms with E-state index in [1.807, 2.05) is 0 Å². The largest absolute Gasteiger partial charge is 0.477 e. The van der Waals surface area contributed by atoms with E-state index >= 15 is 8.78 Å². The molecule has 0 unspecified atom stereocenters. The van der Waals surface area contributed by atoms with E-state index in [4.69, 9.17) is 5.73 Å². The molecule has 1 saturated heterocycles. The van der Waals surface area contributed by atoms with Crippen LogP contribution >= 0.6 is 0 Å². The van der Waals surface area contributed by atoms with Crippen molar-refractivity contribution < 1.29 is 18.7 Å². The number of carbonyl (C=O) groups is 1. The fourth-order valence-corrected chi connectivity index (χ4v) is 4.37. The Bertz CT molecular complexity index is 1080. The van der Waals surface area contributed by atoms with Crippen molar-refractivity contribution >= 4 is 28.2 Å². The van der Waals surface area contributed by atoms with Crippen molar-refractivity contribution in [1.29, 1.82) is 0 Å². The highest BCUT2D eigenvalue weighted by Crippen LogP contribution is 2.42. The van der Waals surface area contributed by atoms with Gasteiger partial charge in [0.1, 0.15) is 11.3 Å². The number of aromatic carboxylic acids is 1. The number of anilines is 2. The van der Waals surface area contributed by atoms with Crippen LogP contribution in [0, 0.1) is 11.6 Å². The lowest BCUT2D eigenvalue weighted by atomic mass is 10.1. The summed E-state index contributed by atoms with van der Waals surface area (Å²) >= 11 is 0. The van der Waals surface area contributed by atoms with Crippen LogP contribution in [-0.2, 0) is 0 Å². The molecule has 0 radical (unpaired) electrons. The zero-order valence-corrected chi connectivity index (χ0v) is 15.8. The second kappa shape index (κ2) is 6.41. The van der Waals surface area contributed by atoms with E-state index in [9.17, 15) is 14.7 Å². The van der Waals surface area contributed by atoms with E-state index in [0.717, 1.165) is 25.9 Å². The van der Waals surface area contributed by atoms with Crippen LogP contribution in [0.4, 0.5) is 20.2 Å². The van der Waals surface area contributed by atoms with Gasteiger partial charge in [0.2, 0.25) is 5.43 Å². The number of fused-ring (bicyclic) bond motifs is 1. The average molecular weight is 404 g/mol. The van der Waals surface area contributed by atoms with Crippen molar-refractivity contribution in [1.82, 2.24) is 9.47 Å². The summed E-state index contributed by atoms with van der Waals surface area (Å²) in [4.78, 5) is 28.1. The SMILES string of the molecule is Nc1c(F)c(N2CCN(C3CC3)CC2)c(F)c2c1c(=O)c(C(=O)O)cn2C1CC1. The highest BCUT2D eigenvalue weighted by atomic mass is 19.1. The third kappa shape index (κ3) is 2.87. The molecule has 7 nitrogen and oxygen atoms in total. The Morgan fingerprint density at radius 2 is 1.66 bits per heavy atom. The number of carboxylic acid groups (broad SMARTS) is 1. The molecule has 9 heteroatoms. The zero-order chi connectivity index (χ0) is 20.4. The van der Waals surface area contributed by atoms with E-state index in [1.165, 1.54) is 23.6 Å². The summed E-state index contributed by atoms with van der Waals surface area (Å²) in [6.07, 6.45) is 4.99. The lowest BCUT2D eigenvalue weighted by molar-refractivity contribution is 0.0695. The average Bonchev–Trinajstić information content (AvgIpc) is 3.59. The highest BCUT2D eigenvalue weighted by Gasteiger charge is 2.35. The quantitative estimate of drug-likeness (QED) is 0.759. The van der Waals surface area contributed by atoms with Gasteiger partial charge in [0.25, 0.3) is 0 Å². The summed E-state index contributed by atoms with van der Waals surface area (Å²) in [6.45, 7) is 2.37. The van der Waals surface area contributed by atoms with Gasteiger partial charge >= 0.3 is 5.97 Å². The van der Waals surface area contributed by atoms with Crippen molar-refractivity contribution in [2.24, 2.45) is 0 Å². The minimum absolute atomic E-state index is 0.0963. The van der Waals surface area contributed by atoms with Crippen LogP contribution < -0.4 is 16.1 Å². The molecule has 5 rings (SSSR count). The first-order chi connectivity index (χ1) is 13.9. The smallest absolute Gasteiger partial charge is 0.341 e. The van der Waals surface area contributed by atoms with Gasteiger partial charge in [-0.3, -0.25) is 9.69 Å². The number of nitrogen functional groups attached to an aromatic ring is 1. The Kier molecular flexibility index (Phi) is 4.06. The number of nitrogens with two attached hydrogens (primary N) is 1. The maximum atomic E-state index is 15.7. The van der Waals surface area contributed by atoms with Gasteiger partial charge in [-0.2, -0.15) is 0 Å². The monoisotopic (exact) mass is 404 g/mol. The second-order valence-electron chi connectivity index (χ2n) is 8.18. The number of hydrogen-bond acceptors (Lipinski definition) is 5. The number of nitrogens with zero attached hydrogens (tertiary/aromatic N) is 3. The van der Waals surface area contributed by atoms with Crippen LogP contribution in [0.1, 0.15) is 42.1 Å². The van der Waals surface area contributed by atoms with Crippen molar-refractivity contribution in [3.05, 3.63) is 33.6 Å². The summed E-state index contributed by atoms with van der Waals surface area (Å²) in [5.41, 5.74) is 3.67. The minimum Gasteiger partial charge on any atom is -0.477 e. The standard InChI is InChI=1S/C20H22F2N4O3/c21-14-16(23)13-17(26(11-3-4-11)9-12(19(13)27)20(28)29)15(22)18(14)25-7-5-24(6-8-25)10-1-2-10/h9-11H,1-8,23H2,(H,28,29). The predicted octanol–water partition coefficient (Wildman–Crippen LogP) is 2.18. The van der Waals surface area contributed by atoms with Crippen molar-refractivity contribution in [2.45, 2.75) is 37.8 Å². The first-order valence-electron chi connectivity index (χ1n) is 9.96. The summed E-state index contributed by atoms with van der Waals surface area (Å²) in [5, 5.41) is 8.98. The number of pyridine rings is 1. The lowest BCUT2D eigenvalue weighted by Crippen LogP contribution is -2.47. The fraction of sp³-hybridized carbons (Fsp3) is 0.500. The molecule has 3 N–H and O–H groups in total. The van der Waals surface area contributed by atoms with Crippen LogP contribution in [0.15, 0.2) is 11.0 Å². The van der Waals surface area contributed by atoms with Crippen LogP contribution in [-0.4, -0.2) is 52.8 Å². The summed E-state index contributed by atoms with van der Waals surface area (Å²) in [7, 11) is 0. The van der Waals surface area contributed by atoms with E-state index in [1.54, 1.807) is 4.90 Å². The van der Waals surface area contributed by atoms with Crippen LogP contribution in [0.2, 0.25) is 0 Å². The van der Waals surface area contributed by atoms with Gasteiger partial charge < -0.3 is 20.3 Å². The lowest BCUT2D eigenvalue weighted by Gasteiger charge is -2.36.